The Balaban J connectivity index is 2.38. The number of hydrogen-bond donors (Lipinski definition) is 2. The topological polar surface area (TPSA) is 77.2 Å². The van der Waals surface area contributed by atoms with Crippen LogP contribution in [-0.2, 0) is 11.3 Å². The molecular weight excluding hydrogens is 214 g/mol. The lowest BCUT2D eigenvalue weighted by Crippen LogP contribution is -2.32. The van der Waals surface area contributed by atoms with Crippen LogP contribution in [-0.4, -0.2) is 16.7 Å². The normalized spacial score (nSPS) is 11.1. The molecule has 0 saturated carbocycles. The van der Waals surface area contributed by atoms with Gasteiger partial charge in [-0.2, -0.15) is 0 Å². The molecule has 1 aromatic heterocycles. The van der Waals surface area contributed by atoms with Crippen LogP contribution in [0.25, 0.3) is 0 Å². The second kappa shape index (κ2) is 4.48. The summed E-state index contributed by atoms with van der Waals surface area (Å²) in [6.07, 6.45) is -0.449. The lowest BCUT2D eigenvalue weighted by molar-refractivity contribution is 0.0524. The summed E-state index contributed by atoms with van der Waals surface area (Å²) in [5, 5.41) is 2.61. The maximum absolute atomic E-state index is 11.3. The van der Waals surface area contributed by atoms with Crippen molar-refractivity contribution in [3.05, 3.63) is 10.4 Å². The fourth-order valence-corrected chi connectivity index (χ4v) is 1.50. The molecule has 1 rings (SSSR count). The first kappa shape index (κ1) is 11.8. The Kier molecular flexibility index (Phi) is 3.52. The summed E-state index contributed by atoms with van der Waals surface area (Å²) in [5.41, 5.74) is 6.72. The van der Waals surface area contributed by atoms with E-state index in [1.807, 2.05) is 20.8 Å². The van der Waals surface area contributed by atoms with Crippen molar-refractivity contribution in [2.45, 2.75) is 32.9 Å². The highest BCUT2D eigenvalue weighted by molar-refractivity contribution is 7.10. The van der Waals surface area contributed by atoms with Gasteiger partial charge in [0.2, 0.25) is 0 Å². The Morgan fingerprint density at radius 3 is 2.80 bits per heavy atom. The molecule has 0 atom stereocenters. The Hall–Kier alpha value is -1.30. The summed E-state index contributed by atoms with van der Waals surface area (Å²) >= 11 is 1.40. The maximum Gasteiger partial charge on any atom is 0.407 e. The zero-order chi connectivity index (χ0) is 11.5. The molecule has 1 heterocycles. The van der Waals surface area contributed by atoms with Crippen LogP contribution in [0.3, 0.4) is 0 Å². The van der Waals surface area contributed by atoms with E-state index < -0.39 is 11.7 Å². The first-order valence-electron chi connectivity index (χ1n) is 4.53. The predicted molar refractivity (Wildman–Crippen MR) is 59.6 cm³/mol. The van der Waals surface area contributed by atoms with Crippen LogP contribution >= 0.6 is 11.3 Å². The quantitative estimate of drug-likeness (QED) is 0.810. The molecule has 0 spiro atoms. The number of nitrogens with zero attached hydrogens (tertiary/aromatic N) is 1. The number of aromatic nitrogens is 1. The summed E-state index contributed by atoms with van der Waals surface area (Å²) in [6.45, 7) is 5.79. The minimum absolute atomic E-state index is 0.353. The lowest BCUT2D eigenvalue weighted by atomic mass is 10.2. The molecule has 0 aliphatic heterocycles. The average Bonchev–Trinajstić information content (AvgIpc) is 2.44. The van der Waals surface area contributed by atoms with Crippen LogP contribution in [0.2, 0.25) is 0 Å². The fraction of sp³-hybridized carbons (Fsp3) is 0.556. The number of ether oxygens (including phenoxy) is 1. The summed E-state index contributed by atoms with van der Waals surface area (Å²) in [4.78, 5) is 16.0. The number of hydrogen-bond acceptors (Lipinski definition) is 5. The van der Waals surface area contributed by atoms with Crippen LogP contribution in [0.15, 0.2) is 5.51 Å². The van der Waals surface area contributed by atoms with Crippen molar-refractivity contribution < 1.29 is 9.53 Å². The molecule has 5 nitrogen and oxygen atoms in total. The van der Waals surface area contributed by atoms with E-state index in [2.05, 4.69) is 10.3 Å². The fourth-order valence-electron chi connectivity index (χ4n) is 0.878. The Morgan fingerprint density at radius 1 is 1.67 bits per heavy atom. The third-order valence-electron chi connectivity index (χ3n) is 1.46. The van der Waals surface area contributed by atoms with Crippen LogP contribution in [0, 0.1) is 0 Å². The molecule has 0 aliphatic rings. The van der Waals surface area contributed by atoms with Gasteiger partial charge in [-0.15, -0.1) is 11.3 Å². The van der Waals surface area contributed by atoms with Gasteiger partial charge in [0.05, 0.1) is 16.9 Å². The van der Waals surface area contributed by atoms with Crippen molar-refractivity contribution in [1.29, 1.82) is 0 Å². The molecule has 0 saturated heterocycles. The van der Waals surface area contributed by atoms with Gasteiger partial charge in [0.15, 0.2) is 0 Å². The summed E-state index contributed by atoms with van der Waals surface area (Å²) in [5.74, 6) is 0.455. The van der Waals surface area contributed by atoms with Gasteiger partial charge in [-0.3, -0.25) is 0 Å². The second-order valence-electron chi connectivity index (χ2n) is 4.02. The Labute approximate surface area is 92.6 Å². The number of alkyl carbamates (subject to hydrolysis) is 1. The van der Waals surface area contributed by atoms with Crippen molar-refractivity contribution in [2.24, 2.45) is 0 Å². The highest BCUT2D eigenvalue weighted by Gasteiger charge is 2.16. The Morgan fingerprint density at radius 2 is 2.33 bits per heavy atom. The number of nitrogen functional groups attached to an aromatic ring is 1. The third kappa shape index (κ3) is 4.16. The van der Waals surface area contributed by atoms with Crippen molar-refractivity contribution in [1.82, 2.24) is 10.3 Å². The molecule has 0 aliphatic carbocycles. The monoisotopic (exact) mass is 229 g/mol. The van der Waals surface area contributed by atoms with Crippen LogP contribution in [0.4, 0.5) is 10.6 Å². The zero-order valence-electron chi connectivity index (χ0n) is 9.03. The molecule has 0 fully saturated rings. The molecular formula is C9H15N3O2S. The van der Waals surface area contributed by atoms with E-state index >= 15 is 0 Å². The van der Waals surface area contributed by atoms with E-state index in [1.54, 1.807) is 5.51 Å². The van der Waals surface area contributed by atoms with Crippen molar-refractivity contribution in [3.8, 4) is 0 Å². The van der Waals surface area contributed by atoms with E-state index in [4.69, 9.17) is 10.5 Å². The minimum Gasteiger partial charge on any atom is -0.444 e. The molecule has 15 heavy (non-hydrogen) atoms. The molecule has 0 unspecified atom stereocenters. The summed E-state index contributed by atoms with van der Waals surface area (Å²) in [6, 6.07) is 0. The van der Waals surface area contributed by atoms with E-state index in [0.29, 0.717) is 12.4 Å². The van der Waals surface area contributed by atoms with Gasteiger partial charge in [0.25, 0.3) is 0 Å². The van der Waals surface area contributed by atoms with Gasteiger partial charge < -0.3 is 15.8 Å². The first-order valence-corrected chi connectivity index (χ1v) is 5.41. The number of thiazole rings is 1. The largest absolute Gasteiger partial charge is 0.444 e. The lowest BCUT2D eigenvalue weighted by Gasteiger charge is -2.19. The number of rotatable bonds is 2. The Bertz CT molecular complexity index is 343. The van der Waals surface area contributed by atoms with E-state index in [0.717, 1.165) is 4.88 Å². The zero-order valence-corrected chi connectivity index (χ0v) is 9.85. The van der Waals surface area contributed by atoms with Gasteiger partial charge in [-0.1, -0.05) is 0 Å². The van der Waals surface area contributed by atoms with Crippen LogP contribution < -0.4 is 11.1 Å². The average molecular weight is 229 g/mol. The van der Waals surface area contributed by atoms with Crippen molar-refractivity contribution >= 4 is 23.2 Å². The first-order chi connectivity index (χ1) is 6.88. The number of carbonyl (C=O) groups is 1. The van der Waals surface area contributed by atoms with Crippen molar-refractivity contribution in [2.75, 3.05) is 5.73 Å². The van der Waals surface area contributed by atoms with Gasteiger partial charge in [-0.05, 0) is 20.8 Å². The highest BCUT2D eigenvalue weighted by Crippen LogP contribution is 2.14. The van der Waals surface area contributed by atoms with E-state index in [-0.39, 0.29) is 0 Å². The standard InChI is InChI=1S/C9H15N3O2S/c1-9(2,3)14-8(13)11-4-6-7(10)12-5-15-6/h5H,4,10H2,1-3H3,(H,11,13). The molecule has 84 valence electrons. The summed E-state index contributed by atoms with van der Waals surface area (Å²) < 4.78 is 5.07. The van der Waals surface area contributed by atoms with Crippen molar-refractivity contribution in [3.63, 3.8) is 0 Å². The molecule has 1 amide bonds. The minimum atomic E-state index is -0.483. The second-order valence-corrected chi connectivity index (χ2v) is 4.96. The van der Waals surface area contributed by atoms with Gasteiger partial charge in [0.1, 0.15) is 11.4 Å². The van der Waals surface area contributed by atoms with Crippen LogP contribution in [0.1, 0.15) is 25.6 Å². The van der Waals surface area contributed by atoms with Crippen LogP contribution in [0.5, 0.6) is 0 Å². The molecule has 0 radical (unpaired) electrons. The third-order valence-corrected chi connectivity index (χ3v) is 2.31. The molecule has 1 aromatic rings. The SMILES string of the molecule is CC(C)(C)OC(=O)NCc1scnc1N. The predicted octanol–water partition coefficient (Wildman–Crippen LogP) is 1.75. The van der Waals surface area contributed by atoms with Gasteiger partial charge in [-0.25, -0.2) is 9.78 Å². The number of anilines is 1. The molecule has 6 heteroatoms. The maximum atomic E-state index is 11.3. The molecule has 3 N–H and O–H groups in total. The number of amides is 1. The van der Waals surface area contributed by atoms with Gasteiger partial charge in [0, 0.05) is 0 Å². The summed E-state index contributed by atoms with van der Waals surface area (Å²) in [7, 11) is 0. The number of carbonyl (C=O) groups excluding carboxylic acids is 1. The van der Waals surface area contributed by atoms with E-state index in [1.165, 1.54) is 11.3 Å². The molecule has 0 bridgehead atoms. The van der Waals surface area contributed by atoms with Gasteiger partial charge >= 0.3 is 6.09 Å². The van der Waals surface area contributed by atoms with E-state index in [9.17, 15) is 4.79 Å². The number of nitrogens with two attached hydrogens (primary N) is 1. The highest BCUT2D eigenvalue weighted by atomic mass is 32.1. The smallest absolute Gasteiger partial charge is 0.407 e. The number of nitrogens with one attached hydrogen (secondary N) is 1. The molecule has 0 aromatic carbocycles.